The van der Waals surface area contributed by atoms with Gasteiger partial charge >= 0.3 is 0 Å². The van der Waals surface area contributed by atoms with Crippen molar-refractivity contribution in [2.75, 3.05) is 0 Å². The van der Waals surface area contributed by atoms with Gasteiger partial charge in [-0.1, -0.05) is 54.6 Å². The van der Waals surface area contributed by atoms with Crippen LogP contribution in [0.2, 0.25) is 0 Å². The van der Waals surface area contributed by atoms with E-state index in [-0.39, 0.29) is 10.9 Å². The second kappa shape index (κ2) is 5.19. The van der Waals surface area contributed by atoms with Crippen LogP contribution in [0.15, 0.2) is 93.6 Å². The minimum Gasteiger partial charge on any atom is -0.191 e. The summed E-state index contributed by atoms with van der Waals surface area (Å²) in [7, 11) is -0.299. The second-order valence-corrected chi connectivity index (χ2v) is 8.57. The largest absolute Gasteiger partial charge is 0.191 e. The van der Waals surface area contributed by atoms with Gasteiger partial charge in [-0.2, -0.15) is 10.9 Å². The zero-order valence-corrected chi connectivity index (χ0v) is 12.7. The summed E-state index contributed by atoms with van der Waals surface area (Å²) in [6.45, 7) is 0. The Bertz CT molecular complexity index is 673. The minimum absolute atomic E-state index is 0.299. The van der Waals surface area contributed by atoms with Crippen molar-refractivity contribution in [1.29, 1.82) is 0 Å². The first-order valence-electron chi connectivity index (χ1n) is 6.88. The predicted octanol–water partition coefficient (Wildman–Crippen LogP) is 5.07. The average Bonchev–Trinajstić information content (AvgIpc) is 2.53. The molecule has 0 bridgehead atoms. The molecule has 2 heteroatoms. The lowest BCUT2D eigenvalue weighted by atomic mass is 10.2. The molecule has 1 aliphatic heterocycles. The molecular formula is C18H16S2. The van der Waals surface area contributed by atoms with Gasteiger partial charge in [0.25, 0.3) is 0 Å². The van der Waals surface area contributed by atoms with Gasteiger partial charge in [-0.05, 0) is 29.2 Å². The van der Waals surface area contributed by atoms with Gasteiger partial charge in [0.1, 0.15) is 0 Å². The van der Waals surface area contributed by atoms with Crippen LogP contribution >= 0.6 is 22.7 Å². The van der Waals surface area contributed by atoms with E-state index in [1.54, 1.807) is 4.90 Å². The monoisotopic (exact) mass is 296 g/mol. The van der Waals surface area contributed by atoms with E-state index in [4.69, 9.17) is 0 Å². The molecule has 3 atom stereocenters. The van der Waals surface area contributed by atoms with E-state index in [0.29, 0.717) is 10.5 Å². The third-order valence-corrected chi connectivity index (χ3v) is 8.32. The highest BCUT2D eigenvalue weighted by molar-refractivity contribution is 8.19. The van der Waals surface area contributed by atoms with Crippen LogP contribution in [0.4, 0.5) is 0 Å². The van der Waals surface area contributed by atoms with Crippen LogP contribution < -0.4 is 0 Å². The van der Waals surface area contributed by atoms with Crippen LogP contribution in [0.5, 0.6) is 0 Å². The summed E-state index contributed by atoms with van der Waals surface area (Å²) >= 11 is 2.02. The maximum absolute atomic E-state index is 2.41. The maximum Gasteiger partial charge on any atom is 0.0421 e. The summed E-state index contributed by atoms with van der Waals surface area (Å²) in [5, 5.41) is 1.21. The molecule has 0 fully saturated rings. The fourth-order valence-electron chi connectivity index (χ4n) is 2.88. The Morgan fingerprint density at radius 1 is 0.800 bits per heavy atom. The number of fused-ring (bicyclic) bond motifs is 2. The molecule has 2 aromatic carbocycles. The topological polar surface area (TPSA) is 0 Å². The molecule has 0 N–H and O–H groups in total. The molecule has 3 unspecified atom stereocenters. The molecule has 2 aromatic rings. The molecule has 0 radical (unpaired) electrons. The van der Waals surface area contributed by atoms with Gasteiger partial charge in [-0.25, -0.2) is 0 Å². The lowest BCUT2D eigenvalue weighted by molar-refractivity contribution is 1.02. The molecular weight excluding hydrogens is 280 g/mol. The van der Waals surface area contributed by atoms with E-state index in [9.17, 15) is 0 Å². The van der Waals surface area contributed by atoms with E-state index >= 15 is 0 Å². The third-order valence-electron chi connectivity index (χ3n) is 3.78. The molecule has 0 aromatic heterocycles. The van der Waals surface area contributed by atoms with E-state index in [1.165, 1.54) is 9.79 Å². The lowest BCUT2D eigenvalue weighted by Gasteiger charge is -2.40. The Kier molecular flexibility index (Phi) is 3.21. The molecule has 1 heterocycles. The second-order valence-electron chi connectivity index (χ2n) is 5.02. The van der Waals surface area contributed by atoms with Crippen molar-refractivity contribution >= 4 is 22.7 Å². The van der Waals surface area contributed by atoms with Crippen molar-refractivity contribution in [3.05, 3.63) is 78.9 Å². The molecule has 2 aliphatic rings. The predicted molar refractivity (Wildman–Crippen MR) is 90.1 cm³/mol. The summed E-state index contributed by atoms with van der Waals surface area (Å²) < 4.78 is 0. The first kappa shape index (κ1) is 12.4. The third kappa shape index (κ3) is 2.04. The van der Waals surface area contributed by atoms with Crippen molar-refractivity contribution < 1.29 is 0 Å². The average molecular weight is 296 g/mol. The molecule has 0 spiro atoms. The SMILES string of the molecule is C1=CC2Sc3ccccc3[SH](c3ccccc3)C2C=C1. The molecule has 0 saturated heterocycles. The quantitative estimate of drug-likeness (QED) is 0.716. The van der Waals surface area contributed by atoms with Crippen molar-refractivity contribution in [2.45, 2.75) is 25.2 Å². The minimum atomic E-state index is -0.299. The number of rotatable bonds is 1. The Labute approximate surface area is 127 Å². The van der Waals surface area contributed by atoms with Crippen LogP contribution in [-0.2, 0) is 0 Å². The number of thiol groups is 1. The van der Waals surface area contributed by atoms with Gasteiger partial charge in [0, 0.05) is 20.3 Å². The van der Waals surface area contributed by atoms with E-state index in [0.717, 1.165) is 0 Å². The summed E-state index contributed by atoms with van der Waals surface area (Å²) in [5.41, 5.74) is 0. The van der Waals surface area contributed by atoms with E-state index < -0.39 is 0 Å². The summed E-state index contributed by atoms with van der Waals surface area (Å²) in [4.78, 5) is 4.49. The first-order valence-corrected chi connectivity index (χ1v) is 9.17. The Hall–Kier alpha value is -1.38. The Morgan fingerprint density at radius 3 is 2.45 bits per heavy atom. The summed E-state index contributed by atoms with van der Waals surface area (Å²) in [5.74, 6) is 0. The number of benzene rings is 2. The molecule has 0 saturated carbocycles. The zero-order valence-electron chi connectivity index (χ0n) is 11.0. The fourth-order valence-corrected chi connectivity index (χ4v) is 7.58. The van der Waals surface area contributed by atoms with Crippen LogP contribution in [-0.4, -0.2) is 10.5 Å². The number of hydrogen-bond donors (Lipinski definition) is 1. The van der Waals surface area contributed by atoms with Crippen LogP contribution in [0.25, 0.3) is 0 Å². The van der Waals surface area contributed by atoms with Gasteiger partial charge in [-0.3, -0.25) is 0 Å². The van der Waals surface area contributed by atoms with Gasteiger partial charge in [0.05, 0.1) is 0 Å². The Morgan fingerprint density at radius 2 is 1.55 bits per heavy atom. The van der Waals surface area contributed by atoms with Gasteiger partial charge in [0.15, 0.2) is 0 Å². The van der Waals surface area contributed by atoms with Crippen molar-refractivity contribution in [2.24, 2.45) is 0 Å². The van der Waals surface area contributed by atoms with Crippen molar-refractivity contribution in [3.8, 4) is 0 Å². The van der Waals surface area contributed by atoms with Gasteiger partial charge in [0.2, 0.25) is 0 Å². The van der Waals surface area contributed by atoms with Crippen LogP contribution in [0, 0.1) is 0 Å². The standard InChI is InChI=1S/C18H16S2/c1-2-8-14(9-3-1)20-17-12-6-4-10-15(17)19-16-11-5-7-13-18(16)20/h1-13,15,17,20H. The number of allylic oxidation sites excluding steroid dienone is 2. The normalized spacial score (nSPS) is 28.7. The molecule has 1 aliphatic carbocycles. The highest BCUT2D eigenvalue weighted by Crippen LogP contribution is 2.59. The van der Waals surface area contributed by atoms with E-state index in [1.807, 2.05) is 11.8 Å². The molecule has 4 rings (SSSR count). The van der Waals surface area contributed by atoms with Gasteiger partial charge < -0.3 is 0 Å². The lowest BCUT2D eigenvalue weighted by Crippen LogP contribution is -2.25. The number of hydrogen-bond acceptors (Lipinski definition) is 1. The fraction of sp³-hybridized carbons (Fsp3) is 0.111. The molecule has 100 valence electrons. The van der Waals surface area contributed by atoms with Crippen LogP contribution in [0.1, 0.15) is 0 Å². The highest BCUT2D eigenvalue weighted by atomic mass is 32.2. The molecule has 0 nitrogen and oxygen atoms in total. The summed E-state index contributed by atoms with van der Waals surface area (Å²) in [6, 6.07) is 20.0. The summed E-state index contributed by atoms with van der Waals surface area (Å²) in [6.07, 6.45) is 9.18. The maximum atomic E-state index is 2.41. The van der Waals surface area contributed by atoms with E-state index in [2.05, 4.69) is 78.9 Å². The number of thioether (sulfide) groups is 1. The Balaban J connectivity index is 1.89. The van der Waals surface area contributed by atoms with Crippen molar-refractivity contribution in [3.63, 3.8) is 0 Å². The molecule has 0 amide bonds. The zero-order chi connectivity index (χ0) is 13.4. The highest BCUT2D eigenvalue weighted by Gasteiger charge is 2.33. The van der Waals surface area contributed by atoms with Crippen LogP contribution in [0.3, 0.4) is 0 Å². The first-order chi connectivity index (χ1) is 9.93. The van der Waals surface area contributed by atoms with Crippen molar-refractivity contribution in [1.82, 2.24) is 0 Å². The smallest absolute Gasteiger partial charge is 0.0421 e. The van der Waals surface area contributed by atoms with Gasteiger partial charge in [-0.15, -0.1) is 11.8 Å². The molecule has 20 heavy (non-hydrogen) atoms.